The number of aryl methyl sites for hydroxylation is 1. The van der Waals surface area contributed by atoms with Crippen LogP contribution in [-0.4, -0.2) is 6.03 Å². The number of para-hydroxylation sites is 1. The quantitative estimate of drug-likeness (QED) is 0.754. The minimum absolute atomic E-state index is 0.232. The van der Waals surface area contributed by atoms with E-state index in [0.717, 1.165) is 27.0 Å². The molecule has 0 atom stereocenters. The molecule has 0 bridgehead atoms. The summed E-state index contributed by atoms with van der Waals surface area (Å²) in [5, 5.41) is 5.81. The molecular weight excluding hydrogens is 328 g/mol. The van der Waals surface area contributed by atoms with Crippen LogP contribution in [0, 0.1) is 6.92 Å². The third-order valence-corrected chi connectivity index (χ3v) is 3.74. The van der Waals surface area contributed by atoms with Gasteiger partial charge in [0.05, 0.1) is 0 Å². The highest BCUT2D eigenvalue weighted by Gasteiger charge is 2.12. The van der Waals surface area contributed by atoms with Gasteiger partial charge >= 0.3 is 6.03 Å². The highest BCUT2D eigenvalue weighted by atomic mass is 79.9. The van der Waals surface area contributed by atoms with Crippen molar-refractivity contribution in [2.45, 2.75) is 26.7 Å². The lowest BCUT2D eigenvalue weighted by Gasteiger charge is -2.16. The van der Waals surface area contributed by atoms with Crippen LogP contribution in [0.2, 0.25) is 0 Å². The fraction of sp³-hybridized carbons (Fsp3) is 0.235. The standard InChI is InChI=1S/C17H19BrN2O/c1-11(2)15-9-4-6-12(3)16(15)20-17(21)19-14-8-5-7-13(18)10-14/h4-11H,1-3H3,(H2,19,20,21). The van der Waals surface area contributed by atoms with Gasteiger partial charge in [-0.05, 0) is 42.2 Å². The van der Waals surface area contributed by atoms with Gasteiger partial charge in [0.25, 0.3) is 0 Å². The number of anilines is 2. The van der Waals surface area contributed by atoms with Crippen molar-refractivity contribution in [1.82, 2.24) is 0 Å². The predicted octanol–water partition coefficient (Wildman–Crippen LogP) is 5.52. The first kappa shape index (κ1) is 15.6. The van der Waals surface area contributed by atoms with Crippen molar-refractivity contribution in [3.63, 3.8) is 0 Å². The third-order valence-electron chi connectivity index (χ3n) is 3.25. The van der Waals surface area contributed by atoms with E-state index < -0.39 is 0 Å². The Hall–Kier alpha value is -1.81. The number of hydrogen-bond donors (Lipinski definition) is 2. The maximum atomic E-state index is 12.2. The summed E-state index contributed by atoms with van der Waals surface area (Å²) >= 11 is 3.39. The molecule has 0 aliphatic carbocycles. The predicted molar refractivity (Wildman–Crippen MR) is 92.1 cm³/mol. The summed E-state index contributed by atoms with van der Waals surface area (Å²) in [4.78, 5) is 12.2. The lowest BCUT2D eigenvalue weighted by molar-refractivity contribution is 0.262. The Labute approximate surface area is 133 Å². The van der Waals surface area contributed by atoms with Crippen molar-refractivity contribution in [2.75, 3.05) is 10.6 Å². The molecule has 110 valence electrons. The van der Waals surface area contributed by atoms with E-state index in [1.165, 1.54) is 0 Å². The fourth-order valence-electron chi connectivity index (χ4n) is 2.18. The Morgan fingerprint density at radius 1 is 1.10 bits per heavy atom. The zero-order chi connectivity index (χ0) is 15.4. The summed E-state index contributed by atoms with van der Waals surface area (Å²) in [7, 11) is 0. The Morgan fingerprint density at radius 3 is 2.48 bits per heavy atom. The van der Waals surface area contributed by atoms with Crippen LogP contribution in [0.25, 0.3) is 0 Å². The van der Waals surface area contributed by atoms with Crippen molar-refractivity contribution in [1.29, 1.82) is 0 Å². The number of amides is 2. The van der Waals surface area contributed by atoms with E-state index in [1.807, 2.05) is 49.4 Å². The fourth-order valence-corrected chi connectivity index (χ4v) is 2.58. The van der Waals surface area contributed by atoms with Crippen LogP contribution in [-0.2, 0) is 0 Å². The molecule has 2 N–H and O–H groups in total. The lowest BCUT2D eigenvalue weighted by atomic mass is 9.98. The van der Waals surface area contributed by atoms with E-state index in [-0.39, 0.29) is 6.03 Å². The molecule has 4 heteroatoms. The Morgan fingerprint density at radius 2 is 1.81 bits per heavy atom. The first-order valence-corrected chi connectivity index (χ1v) is 7.69. The van der Waals surface area contributed by atoms with Gasteiger partial charge in [0, 0.05) is 15.8 Å². The number of urea groups is 1. The number of nitrogens with one attached hydrogen (secondary N) is 2. The summed E-state index contributed by atoms with van der Waals surface area (Å²) in [5.41, 5.74) is 3.84. The van der Waals surface area contributed by atoms with Gasteiger partial charge < -0.3 is 10.6 Å². The number of carbonyl (C=O) groups excluding carboxylic acids is 1. The minimum Gasteiger partial charge on any atom is -0.308 e. The first-order chi connectivity index (χ1) is 9.97. The largest absolute Gasteiger partial charge is 0.323 e. The van der Waals surface area contributed by atoms with Gasteiger partial charge in [0.15, 0.2) is 0 Å². The molecule has 0 saturated carbocycles. The van der Waals surface area contributed by atoms with Crippen molar-refractivity contribution >= 4 is 33.3 Å². The number of carbonyl (C=O) groups is 1. The van der Waals surface area contributed by atoms with Crippen molar-refractivity contribution < 1.29 is 4.79 Å². The highest BCUT2D eigenvalue weighted by Crippen LogP contribution is 2.27. The summed E-state index contributed by atoms with van der Waals surface area (Å²) < 4.78 is 0.930. The normalized spacial score (nSPS) is 10.5. The molecule has 2 amide bonds. The van der Waals surface area contributed by atoms with Gasteiger partial charge in [0.1, 0.15) is 0 Å². The molecule has 0 aromatic heterocycles. The highest BCUT2D eigenvalue weighted by molar-refractivity contribution is 9.10. The van der Waals surface area contributed by atoms with Gasteiger partial charge in [-0.2, -0.15) is 0 Å². The molecule has 0 unspecified atom stereocenters. The van der Waals surface area contributed by atoms with Crippen LogP contribution in [0.15, 0.2) is 46.9 Å². The summed E-state index contributed by atoms with van der Waals surface area (Å²) in [5.74, 6) is 0.353. The SMILES string of the molecule is Cc1cccc(C(C)C)c1NC(=O)Nc1cccc(Br)c1. The van der Waals surface area contributed by atoms with Crippen LogP contribution in [0.1, 0.15) is 30.9 Å². The summed E-state index contributed by atoms with van der Waals surface area (Å²) in [6, 6.07) is 13.3. The minimum atomic E-state index is -0.232. The van der Waals surface area contributed by atoms with Crippen LogP contribution >= 0.6 is 15.9 Å². The summed E-state index contributed by atoms with van der Waals surface area (Å²) in [6.45, 7) is 6.24. The molecule has 21 heavy (non-hydrogen) atoms. The van der Waals surface area contributed by atoms with Gasteiger partial charge in [-0.3, -0.25) is 0 Å². The molecule has 0 heterocycles. The maximum Gasteiger partial charge on any atom is 0.323 e. The van der Waals surface area contributed by atoms with Crippen LogP contribution in [0.3, 0.4) is 0 Å². The molecule has 3 nitrogen and oxygen atoms in total. The molecule has 0 aliphatic heterocycles. The molecule has 0 spiro atoms. The zero-order valence-electron chi connectivity index (χ0n) is 12.4. The smallest absolute Gasteiger partial charge is 0.308 e. The maximum absolute atomic E-state index is 12.2. The molecule has 0 fully saturated rings. The monoisotopic (exact) mass is 346 g/mol. The number of rotatable bonds is 3. The van der Waals surface area contributed by atoms with E-state index in [4.69, 9.17) is 0 Å². The second-order valence-electron chi connectivity index (χ2n) is 5.28. The molecule has 0 radical (unpaired) electrons. The number of benzene rings is 2. The number of hydrogen-bond acceptors (Lipinski definition) is 1. The van der Waals surface area contributed by atoms with Crippen molar-refractivity contribution in [2.24, 2.45) is 0 Å². The number of halogens is 1. The molecule has 0 aliphatic rings. The lowest BCUT2D eigenvalue weighted by Crippen LogP contribution is -2.21. The molecule has 2 rings (SSSR count). The Bertz CT molecular complexity index is 653. The average Bonchev–Trinajstić information content (AvgIpc) is 2.40. The van der Waals surface area contributed by atoms with E-state index in [0.29, 0.717) is 5.92 Å². The van der Waals surface area contributed by atoms with Gasteiger partial charge in [-0.25, -0.2) is 4.79 Å². The molecular formula is C17H19BrN2O. The third kappa shape index (κ3) is 4.08. The van der Waals surface area contributed by atoms with Crippen molar-refractivity contribution in [3.8, 4) is 0 Å². The van der Waals surface area contributed by atoms with Gasteiger partial charge in [-0.1, -0.05) is 54.0 Å². The van der Waals surface area contributed by atoms with E-state index in [1.54, 1.807) is 0 Å². The van der Waals surface area contributed by atoms with Gasteiger partial charge in [-0.15, -0.1) is 0 Å². The van der Waals surface area contributed by atoms with Crippen LogP contribution < -0.4 is 10.6 Å². The van der Waals surface area contributed by atoms with E-state index >= 15 is 0 Å². The molecule has 0 saturated heterocycles. The van der Waals surface area contributed by atoms with Crippen LogP contribution in [0.5, 0.6) is 0 Å². The molecule has 2 aromatic carbocycles. The van der Waals surface area contributed by atoms with Crippen molar-refractivity contribution in [3.05, 3.63) is 58.1 Å². The topological polar surface area (TPSA) is 41.1 Å². The van der Waals surface area contributed by atoms with Crippen LogP contribution in [0.4, 0.5) is 16.2 Å². The average molecular weight is 347 g/mol. The first-order valence-electron chi connectivity index (χ1n) is 6.90. The zero-order valence-corrected chi connectivity index (χ0v) is 14.0. The molecule has 2 aromatic rings. The van der Waals surface area contributed by atoms with Gasteiger partial charge in [0.2, 0.25) is 0 Å². The second kappa shape index (κ2) is 6.76. The van der Waals surface area contributed by atoms with E-state index in [9.17, 15) is 4.79 Å². The Kier molecular flexibility index (Phi) is 5.02. The second-order valence-corrected chi connectivity index (χ2v) is 6.20. The Balaban J connectivity index is 2.17. The van der Waals surface area contributed by atoms with E-state index in [2.05, 4.69) is 40.4 Å². The summed E-state index contributed by atoms with van der Waals surface area (Å²) in [6.07, 6.45) is 0.